The van der Waals surface area contributed by atoms with Crippen molar-refractivity contribution in [2.24, 2.45) is 17.3 Å². The second-order valence-corrected chi connectivity index (χ2v) is 7.04. The number of hydrogen-bond acceptors (Lipinski definition) is 2. The molecule has 0 saturated heterocycles. The summed E-state index contributed by atoms with van der Waals surface area (Å²) in [5.74, 6) is 0.784. The highest BCUT2D eigenvalue weighted by Crippen LogP contribution is 2.39. The molecule has 0 spiro atoms. The SMILES string of the molecule is CC(C(=O)O)N(C)CC1CCC(C(C)(C)C)CC1. The third kappa shape index (κ3) is 4.27. The van der Waals surface area contributed by atoms with E-state index < -0.39 is 5.97 Å². The Morgan fingerprint density at radius 3 is 2.17 bits per heavy atom. The molecule has 0 aromatic carbocycles. The van der Waals surface area contributed by atoms with Crippen LogP contribution < -0.4 is 0 Å². The van der Waals surface area contributed by atoms with Gasteiger partial charge < -0.3 is 5.11 Å². The van der Waals surface area contributed by atoms with Gasteiger partial charge in [0.1, 0.15) is 6.04 Å². The summed E-state index contributed by atoms with van der Waals surface area (Å²) in [5, 5.41) is 8.99. The first-order chi connectivity index (χ1) is 8.21. The molecule has 0 aliphatic heterocycles. The number of carboxylic acid groups (broad SMARTS) is 1. The molecule has 106 valence electrons. The van der Waals surface area contributed by atoms with Gasteiger partial charge in [0.25, 0.3) is 0 Å². The molecule has 0 radical (unpaired) electrons. The van der Waals surface area contributed by atoms with Gasteiger partial charge in [-0.15, -0.1) is 0 Å². The molecule has 3 heteroatoms. The second kappa shape index (κ2) is 6.05. The standard InChI is InChI=1S/C15H29NO2/c1-11(14(17)18)16(5)10-12-6-8-13(9-7-12)15(2,3)4/h11-13H,6-10H2,1-5H3,(H,17,18). The molecule has 0 heterocycles. The molecule has 0 bridgehead atoms. The van der Waals surface area contributed by atoms with Crippen molar-refractivity contribution in [1.82, 2.24) is 4.90 Å². The Morgan fingerprint density at radius 1 is 1.28 bits per heavy atom. The summed E-state index contributed by atoms with van der Waals surface area (Å²) in [6.07, 6.45) is 5.09. The topological polar surface area (TPSA) is 40.5 Å². The third-order valence-corrected chi connectivity index (χ3v) is 4.64. The molecule has 0 amide bonds. The summed E-state index contributed by atoms with van der Waals surface area (Å²) in [7, 11) is 1.93. The zero-order valence-electron chi connectivity index (χ0n) is 12.6. The lowest BCUT2D eigenvalue weighted by atomic mass is 9.70. The molecule has 1 N–H and O–H groups in total. The van der Waals surface area contributed by atoms with E-state index in [-0.39, 0.29) is 6.04 Å². The molecule has 1 unspecified atom stereocenters. The summed E-state index contributed by atoms with van der Waals surface area (Å²) < 4.78 is 0. The van der Waals surface area contributed by atoms with Crippen molar-refractivity contribution in [1.29, 1.82) is 0 Å². The summed E-state index contributed by atoms with van der Waals surface area (Å²) in [6.45, 7) is 9.68. The Balaban J connectivity index is 2.38. The van der Waals surface area contributed by atoms with E-state index in [0.29, 0.717) is 11.3 Å². The molecule has 1 atom stereocenters. The lowest BCUT2D eigenvalue weighted by Crippen LogP contribution is -2.40. The lowest BCUT2D eigenvalue weighted by Gasteiger charge is -2.38. The summed E-state index contributed by atoms with van der Waals surface area (Å²) in [5.41, 5.74) is 0.422. The van der Waals surface area contributed by atoms with Crippen LogP contribution in [0.25, 0.3) is 0 Å². The quantitative estimate of drug-likeness (QED) is 0.838. The fourth-order valence-electron chi connectivity index (χ4n) is 2.96. The molecule has 18 heavy (non-hydrogen) atoms. The molecule has 0 aromatic rings. The van der Waals surface area contributed by atoms with Crippen LogP contribution in [0.2, 0.25) is 0 Å². The number of hydrogen-bond donors (Lipinski definition) is 1. The molecule has 1 aliphatic carbocycles. The van der Waals surface area contributed by atoms with Crippen LogP contribution in [0.5, 0.6) is 0 Å². The Bertz CT molecular complexity index is 275. The van der Waals surface area contributed by atoms with Crippen LogP contribution in [-0.4, -0.2) is 35.6 Å². The minimum atomic E-state index is -0.721. The first-order valence-electron chi connectivity index (χ1n) is 7.15. The highest BCUT2D eigenvalue weighted by molar-refractivity contribution is 5.72. The van der Waals surface area contributed by atoms with Gasteiger partial charge in [0.05, 0.1) is 0 Å². The fraction of sp³-hybridized carbons (Fsp3) is 0.933. The largest absolute Gasteiger partial charge is 0.480 e. The number of carboxylic acids is 1. The summed E-state index contributed by atoms with van der Waals surface area (Å²) in [4.78, 5) is 12.9. The second-order valence-electron chi connectivity index (χ2n) is 7.04. The van der Waals surface area contributed by atoms with Crippen molar-refractivity contribution in [2.75, 3.05) is 13.6 Å². The van der Waals surface area contributed by atoms with Crippen LogP contribution in [0.4, 0.5) is 0 Å². The van der Waals surface area contributed by atoms with Gasteiger partial charge >= 0.3 is 5.97 Å². The number of rotatable bonds is 4. The molecule has 1 saturated carbocycles. The molecule has 1 fully saturated rings. The van der Waals surface area contributed by atoms with Crippen molar-refractivity contribution >= 4 is 5.97 Å². The Labute approximate surface area is 112 Å². The highest BCUT2D eigenvalue weighted by atomic mass is 16.4. The number of aliphatic carboxylic acids is 1. The van der Waals surface area contributed by atoms with Crippen molar-refractivity contribution in [2.45, 2.75) is 59.4 Å². The van der Waals surface area contributed by atoms with E-state index >= 15 is 0 Å². The normalized spacial score (nSPS) is 27.2. The van der Waals surface area contributed by atoms with Crippen LogP contribution in [0.1, 0.15) is 53.4 Å². The van der Waals surface area contributed by atoms with Gasteiger partial charge in [-0.2, -0.15) is 0 Å². The smallest absolute Gasteiger partial charge is 0.320 e. The molecular weight excluding hydrogens is 226 g/mol. The first-order valence-corrected chi connectivity index (χ1v) is 7.15. The Hall–Kier alpha value is -0.570. The zero-order chi connectivity index (χ0) is 13.9. The maximum absolute atomic E-state index is 10.9. The number of nitrogens with zero attached hydrogens (tertiary/aromatic N) is 1. The minimum Gasteiger partial charge on any atom is -0.480 e. The number of carbonyl (C=O) groups is 1. The summed E-state index contributed by atoms with van der Waals surface area (Å²) >= 11 is 0. The van der Waals surface area contributed by atoms with Crippen molar-refractivity contribution in [3.8, 4) is 0 Å². The number of likely N-dealkylation sites (N-methyl/N-ethyl adjacent to an activating group) is 1. The molecule has 1 aliphatic rings. The van der Waals surface area contributed by atoms with Crippen LogP contribution in [-0.2, 0) is 4.79 Å². The fourth-order valence-corrected chi connectivity index (χ4v) is 2.96. The third-order valence-electron chi connectivity index (χ3n) is 4.64. The highest BCUT2D eigenvalue weighted by Gasteiger charge is 2.30. The van der Waals surface area contributed by atoms with Gasteiger partial charge in [-0.05, 0) is 56.9 Å². The van der Waals surface area contributed by atoms with Crippen LogP contribution in [0.15, 0.2) is 0 Å². The monoisotopic (exact) mass is 255 g/mol. The molecule has 0 aromatic heterocycles. The maximum atomic E-state index is 10.9. The maximum Gasteiger partial charge on any atom is 0.320 e. The van der Waals surface area contributed by atoms with E-state index in [4.69, 9.17) is 5.11 Å². The summed E-state index contributed by atoms with van der Waals surface area (Å²) in [6, 6.07) is -0.370. The molecular formula is C15H29NO2. The van der Waals surface area contributed by atoms with E-state index in [9.17, 15) is 4.79 Å². The Morgan fingerprint density at radius 2 is 1.78 bits per heavy atom. The van der Waals surface area contributed by atoms with E-state index in [1.54, 1.807) is 6.92 Å². The van der Waals surface area contributed by atoms with Crippen LogP contribution in [0.3, 0.4) is 0 Å². The van der Waals surface area contributed by atoms with Crippen molar-refractivity contribution in [3.63, 3.8) is 0 Å². The van der Waals surface area contributed by atoms with Crippen LogP contribution >= 0.6 is 0 Å². The van der Waals surface area contributed by atoms with E-state index in [0.717, 1.165) is 12.5 Å². The average molecular weight is 255 g/mol. The van der Waals surface area contributed by atoms with Gasteiger partial charge in [0.15, 0.2) is 0 Å². The molecule has 1 rings (SSSR count). The van der Waals surface area contributed by atoms with Gasteiger partial charge in [-0.1, -0.05) is 20.8 Å². The first kappa shape index (κ1) is 15.5. The average Bonchev–Trinajstić information content (AvgIpc) is 2.27. The van der Waals surface area contributed by atoms with Crippen molar-refractivity contribution in [3.05, 3.63) is 0 Å². The van der Waals surface area contributed by atoms with Gasteiger partial charge in [-0.25, -0.2) is 0 Å². The minimum absolute atomic E-state index is 0.370. The van der Waals surface area contributed by atoms with E-state index in [1.807, 2.05) is 11.9 Å². The van der Waals surface area contributed by atoms with Gasteiger partial charge in [-0.3, -0.25) is 9.69 Å². The predicted octanol–water partition coefficient (Wildman–Crippen LogP) is 3.24. The Kier molecular flexibility index (Phi) is 5.20. The van der Waals surface area contributed by atoms with Gasteiger partial charge in [0, 0.05) is 6.54 Å². The predicted molar refractivity (Wildman–Crippen MR) is 74.6 cm³/mol. The van der Waals surface area contributed by atoms with E-state index in [2.05, 4.69) is 20.8 Å². The zero-order valence-corrected chi connectivity index (χ0v) is 12.6. The van der Waals surface area contributed by atoms with Gasteiger partial charge in [0.2, 0.25) is 0 Å². The van der Waals surface area contributed by atoms with Crippen molar-refractivity contribution < 1.29 is 9.90 Å². The van der Waals surface area contributed by atoms with E-state index in [1.165, 1.54) is 25.7 Å². The molecule has 3 nitrogen and oxygen atoms in total. The van der Waals surface area contributed by atoms with Crippen LogP contribution in [0, 0.1) is 17.3 Å². The lowest BCUT2D eigenvalue weighted by molar-refractivity contribution is -0.142.